The molecule has 25 heavy (non-hydrogen) atoms. The van der Waals surface area contributed by atoms with Crippen molar-refractivity contribution in [3.8, 4) is 0 Å². The van der Waals surface area contributed by atoms with Gasteiger partial charge in [0.25, 0.3) is 0 Å². The van der Waals surface area contributed by atoms with E-state index in [2.05, 4.69) is 0 Å². The van der Waals surface area contributed by atoms with Crippen LogP contribution in [-0.2, 0) is 19.0 Å². The fourth-order valence-corrected chi connectivity index (χ4v) is 3.99. The minimum atomic E-state index is -0.647. The first-order chi connectivity index (χ1) is 12.3. The highest BCUT2D eigenvalue weighted by atomic mass is 16.6. The number of carbonyl (C=O) groups excluding carboxylic acids is 1. The van der Waals surface area contributed by atoms with Crippen LogP contribution in [-0.4, -0.2) is 38.5 Å². The summed E-state index contributed by atoms with van der Waals surface area (Å²) in [6, 6.07) is 0. The summed E-state index contributed by atoms with van der Waals surface area (Å²) < 4.78 is 15.9. The average Bonchev–Trinajstić information content (AvgIpc) is 3.40. The Hall–Kier alpha value is -0.610. The van der Waals surface area contributed by atoms with E-state index in [1.54, 1.807) is 0 Å². The van der Waals surface area contributed by atoms with Crippen molar-refractivity contribution >= 4 is 5.97 Å². The summed E-state index contributed by atoms with van der Waals surface area (Å²) in [7, 11) is 1.42. The van der Waals surface area contributed by atoms with Crippen LogP contribution >= 0.6 is 0 Å². The van der Waals surface area contributed by atoms with Crippen molar-refractivity contribution in [3.05, 3.63) is 0 Å². The molecular weight excluding hydrogens is 316 g/mol. The Morgan fingerprint density at radius 2 is 1.52 bits per heavy atom. The Bertz CT molecular complexity index is 353. The first-order valence-electron chi connectivity index (χ1n) is 10.6. The van der Waals surface area contributed by atoms with E-state index in [1.807, 2.05) is 0 Å². The summed E-state index contributed by atoms with van der Waals surface area (Å²) in [5, 5.41) is 0. The number of hydrogen-bond donors (Lipinski definition) is 0. The maximum atomic E-state index is 11.6. The van der Waals surface area contributed by atoms with E-state index in [-0.39, 0.29) is 5.97 Å². The minimum absolute atomic E-state index is 0.235. The van der Waals surface area contributed by atoms with Gasteiger partial charge >= 0.3 is 5.97 Å². The zero-order chi connectivity index (χ0) is 17.8. The van der Waals surface area contributed by atoms with Crippen LogP contribution in [0.1, 0.15) is 89.9 Å². The molecule has 1 unspecified atom stereocenters. The summed E-state index contributed by atoms with van der Waals surface area (Å²) in [4.78, 5) is 11.6. The number of epoxide rings is 1. The Balaban J connectivity index is 1.53. The molecular formula is C21H38O4. The van der Waals surface area contributed by atoms with Crippen LogP contribution in [0.3, 0.4) is 0 Å². The SMILES string of the molecule is COC(=O)C1(CCCOCCC2CCCCCCCCCCC2)CO1. The van der Waals surface area contributed by atoms with Gasteiger partial charge in [-0.25, -0.2) is 4.79 Å². The van der Waals surface area contributed by atoms with Crippen molar-refractivity contribution in [2.75, 3.05) is 26.9 Å². The lowest BCUT2D eigenvalue weighted by atomic mass is 9.91. The summed E-state index contributed by atoms with van der Waals surface area (Å²) in [6.07, 6.45) is 18.3. The number of methoxy groups -OCH3 is 1. The maximum absolute atomic E-state index is 11.6. The van der Waals surface area contributed by atoms with E-state index in [9.17, 15) is 4.79 Å². The zero-order valence-corrected chi connectivity index (χ0v) is 16.2. The van der Waals surface area contributed by atoms with Crippen LogP contribution < -0.4 is 0 Å². The lowest BCUT2D eigenvalue weighted by Crippen LogP contribution is -2.26. The molecule has 1 atom stereocenters. The van der Waals surface area contributed by atoms with Crippen LogP contribution in [0.15, 0.2) is 0 Å². The van der Waals surface area contributed by atoms with Crippen molar-refractivity contribution in [3.63, 3.8) is 0 Å². The first kappa shape index (κ1) is 20.7. The topological polar surface area (TPSA) is 48.1 Å². The molecule has 0 aromatic heterocycles. The molecule has 4 heteroatoms. The Morgan fingerprint density at radius 3 is 2.04 bits per heavy atom. The molecule has 1 saturated carbocycles. The fraction of sp³-hybridized carbons (Fsp3) is 0.952. The van der Waals surface area contributed by atoms with Gasteiger partial charge in [-0.3, -0.25) is 0 Å². The van der Waals surface area contributed by atoms with Crippen molar-refractivity contribution in [2.24, 2.45) is 5.92 Å². The molecule has 1 saturated heterocycles. The lowest BCUT2D eigenvalue weighted by Gasteiger charge is -2.18. The summed E-state index contributed by atoms with van der Waals surface area (Å²) >= 11 is 0. The molecule has 0 aromatic carbocycles. The summed E-state index contributed by atoms with van der Waals surface area (Å²) in [6.45, 7) is 2.08. The second-order valence-corrected chi connectivity index (χ2v) is 7.90. The lowest BCUT2D eigenvalue weighted by molar-refractivity contribution is -0.147. The summed E-state index contributed by atoms with van der Waals surface area (Å²) in [5.74, 6) is 0.605. The van der Waals surface area contributed by atoms with Gasteiger partial charge in [0.05, 0.1) is 13.7 Å². The third-order valence-corrected chi connectivity index (χ3v) is 5.81. The molecule has 1 heterocycles. The van der Waals surface area contributed by atoms with Crippen molar-refractivity contribution < 1.29 is 19.0 Å². The van der Waals surface area contributed by atoms with Gasteiger partial charge in [0.15, 0.2) is 5.60 Å². The van der Waals surface area contributed by atoms with E-state index in [1.165, 1.54) is 84.2 Å². The second-order valence-electron chi connectivity index (χ2n) is 7.90. The molecule has 1 aliphatic heterocycles. The Morgan fingerprint density at radius 1 is 0.960 bits per heavy atom. The Labute approximate surface area is 154 Å². The number of esters is 1. The highest BCUT2D eigenvalue weighted by Gasteiger charge is 2.52. The molecule has 4 nitrogen and oxygen atoms in total. The third kappa shape index (κ3) is 8.08. The van der Waals surface area contributed by atoms with Crippen LogP contribution in [0.25, 0.3) is 0 Å². The van der Waals surface area contributed by atoms with Crippen molar-refractivity contribution in [2.45, 2.75) is 95.5 Å². The van der Waals surface area contributed by atoms with Gasteiger partial charge in [0.1, 0.15) is 0 Å². The molecule has 0 amide bonds. The molecule has 2 rings (SSSR count). The van der Waals surface area contributed by atoms with E-state index >= 15 is 0 Å². The van der Waals surface area contributed by atoms with Crippen LogP contribution in [0.2, 0.25) is 0 Å². The van der Waals surface area contributed by atoms with Gasteiger partial charge in [0, 0.05) is 13.2 Å². The van der Waals surface area contributed by atoms with Gasteiger partial charge in [-0.1, -0.05) is 70.6 Å². The molecule has 0 N–H and O–H groups in total. The molecule has 0 radical (unpaired) electrons. The van der Waals surface area contributed by atoms with E-state index in [0.717, 1.165) is 25.6 Å². The molecule has 2 fully saturated rings. The zero-order valence-electron chi connectivity index (χ0n) is 16.2. The first-order valence-corrected chi connectivity index (χ1v) is 10.6. The number of hydrogen-bond acceptors (Lipinski definition) is 4. The van der Waals surface area contributed by atoms with Crippen LogP contribution in [0.4, 0.5) is 0 Å². The standard InChI is InChI=1S/C21H38O4/c1-23-20(22)21(18-25-21)15-11-16-24-17-14-19-12-9-7-5-3-2-4-6-8-10-13-19/h19H,2-18H2,1H3. The maximum Gasteiger partial charge on any atom is 0.340 e. The number of ether oxygens (including phenoxy) is 3. The molecule has 146 valence electrons. The van der Waals surface area contributed by atoms with Gasteiger partial charge < -0.3 is 14.2 Å². The summed E-state index contributed by atoms with van der Waals surface area (Å²) in [5.41, 5.74) is -0.647. The molecule has 1 aliphatic carbocycles. The largest absolute Gasteiger partial charge is 0.467 e. The normalized spacial score (nSPS) is 26.4. The average molecular weight is 355 g/mol. The molecule has 0 bridgehead atoms. The Kier molecular flexibility index (Phi) is 9.85. The molecule has 0 spiro atoms. The molecule has 2 aliphatic rings. The van der Waals surface area contributed by atoms with Crippen molar-refractivity contribution in [1.29, 1.82) is 0 Å². The minimum Gasteiger partial charge on any atom is -0.467 e. The van der Waals surface area contributed by atoms with Crippen LogP contribution in [0.5, 0.6) is 0 Å². The van der Waals surface area contributed by atoms with Gasteiger partial charge in [-0.15, -0.1) is 0 Å². The van der Waals surface area contributed by atoms with Gasteiger partial charge in [-0.05, 0) is 25.2 Å². The van der Waals surface area contributed by atoms with Crippen molar-refractivity contribution in [1.82, 2.24) is 0 Å². The fourth-order valence-electron chi connectivity index (χ4n) is 3.99. The predicted octanol–water partition coefficient (Wildman–Crippen LogP) is 5.04. The van der Waals surface area contributed by atoms with E-state index < -0.39 is 5.60 Å². The predicted molar refractivity (Wildman–Crippen MR) is 99.6 cm³/mol. The second kappa shape index (κ2) is 11.9. The monoisotopic (exact) mass is 354 g/mol. The van der Waals surface area contributed by atoms with Gasteiger partial charge in [0.2, 0.25) is 0 Å². The van der Waals surface area contributed by atoms with Gasteiger partial charge in [-0.2, -0.15) is 0 Å². The van der Waals surface area contributed by atoms with E-state index in [0.29, 0.717) is 13.0 Å². The third-order valence-electron chi connectivity index (χ3n) is 5.81. The van der Waals surface area contributed by atoms with Crippen LogP contribution in [0, 0.1) is 5.92 Å². The number of rotatable bonds is 8. The molecule has 0 aromatic rings. The highest BCUT2D eigenvalue weighted by Crippen LogP contribution is 2.33. The highest BCUT2D eigenvalue weighted by molar-refractivity contribution is 5.82. The smallest absolute Gasteiger partial charge is 0.340 e. The quantitative estimate of drug-likeness (QED) is 0.348. The van der Waals surface area contributed by atoms with E-state index in [4.69, 9.17) is 14.2 Å². The number of carbonyl (C=O) groups is 1.